The second-order valence-electron chi connectivity index (χ2n) is 4.54. The summed E-state index contributed by atoms with van der Waals surface area (Å²) in [5.74, 6) is 3.27. The van der Waals surface area contributed by atoms with Crippen LogP contribution < -0.4 is 5.73 Å². The highest BCUT2D eigenvalue weighted by Crippen LogP contribution is 2.34. The molecule has 0 amide bonds. The summed E-state index contributed by atoms with van der Waals surface area (Å²) in [6, 6.07) is 5.71. The predicted molar refractivity (Wildman–Crippen MR) is 78.1 cm³/mol. The maximum atomic E-state index is 6.25. The van der Waals surface area contributed by atoms with Gasteiger partial charge in [-0.3, -0.25) is 0 Å². The molecule has 0 saturated carbocycles. The molecule has 1 saturated heterocycles. The van der Waals surface area contributed by atoms with Crippen LogP contribution in [0.5, 0.6) is 0 Å². The second-order valence-corrected chi connectivity index (χ2v) is 6.55. The molecule has 17 heavy (non-hydrogen) atoms. The average molecular weight is 290 g/mol. The Morgan fingerprint density at radius 1 is 1.29 bits per heavy atom. The van der Waals surface area contributed by atoms with Gasteiger partial charge >= 0.3 is 0 Å². The fraction of sp³-hybridized carbons (Fsp3) is 0.538. The van der Waals surface area contributed by atoms with Gasteiger partial charge in [0.2, 0.25) is 0 Å². The van der Waals surface area contributed by atoms with Gasteiger partial charge in [-0.1, -0.05) is 35.3 Å². The monoisotopic (exact) mass is 289 g/mol. The van der Waals surface area contributed by atoms with E-state index in [9.17, 15) is 0 Å². The van der Waals surface area contributed by atoms with Gasteiger partial charge in [-0.2, -0.15) is 11.8 Å². The molecule has 2 N–H and O–H groups in total. The highest BCUT2D eigenvalue weighted by molar-refractivity contribution is 7.99. The number of thioether (sulfide) groups is 1. The molecule has 94 valence electrons. The molecule has 1 aliphatic rings. The molecule has 1 aromatic rings. The molecule has 1 aliphatic heterocycles. The van der Waals surface area contributed by atoms with E-state index in [2.05, 4.69) is 0 Å². The van der Waals surface area contributed by atoms with Crippen LogP contribution in [0.2, 0.25) is 10.0 Å². The smallest absolute Gasteiger partial charge is 0.0640 e. The summed E-state index contributed by atoms with van der Waals surface area (Å²) < 4.78 is 0. The molecular formula is C13H17Cl2NS. The molecule has 0 aliphatic carbocycles. The Kier molecular flexibility index (Phi) is 5.04. The van der Waals surface area contributed by atoms with E-state index in [1.807, 2.05) is 23.9 Å². The zero-order valence-corrected chi connectivity index (χ0v) is 12.0. The average Bonchev–Trinajstić information content (AvgIpc) is 2.34. The second kappa shape index (κ2) is 6.33. The Hall–Kier alpha value is 0.110. The van der Waals surface area contributed by atoms with Crippen LogP contribution in [0.25, 0.3) is 0 Å². The molecule has 1 aromatic carbocycles. The van der Waals surface area contributed by atoms with Crippen molar-refractivity contribution in [3.05, 3.63) is 33.8 Å². The molecule has 2 rings (SSSR count). The highest BCUT2D eigenvalue weighted by atomic mass is 35.5. The van der Waals surface area contributed by atoms with Gasteiger partial charge in [0.15, 0.2) is 0 Å². The first-order valence-corrected chi connectivity index (χ1v) is 7.86. The summed E-state index contributed by atoms with van der Waals surface area (Å²) in [4.78, 5) is 0. The zero-order chi connectivity index (χ0) is 12.3. The van der Waals surface area contributed by atoms with Crippen molar-refractivity contribution in [3.8, 4) is 0 Å². The molecule has 0 aromatic heterocycles. The lowest BCUT2D eigenvalue weighted by Crippen LogP contribution is -2.19. The van der Waals surface area contributed by atoms with Crippen LogP contribution in [0, 0.1) is 5.92 Å². The van der Waals surface area contributed by atoms with Crippen LogP contribution >= 0.6 is 35.0 Å². The maximum Gasteiger partial charge on any atom is 0.0640 e. The third-order valence-electron chi connectivity index (χ3n) is 3.31. The number of halogens is 2. The molecule has 1 atom stereocenters. The van der Waals surface area contributed by atoms with Crippen molar-refractivity contribution in [1.82, 2.24) is 0 Å². The molecule has 4 heteroatoms. The van der Waals surface area contributed by atoms with E-state index in [0.29, 0.717) is 10.0 Å². The minimum Gasteiger partial charge on any atom is -0.324 e. The van der Waals surface area contributed by atoms with Crippen molar-refractivity contribution in [1.29, 1.82) is 0 Å². The van der Waals surface area contributed by atoms with Gasteiger partial charge in [0.05, 0.1) is 10.0 Å². The van der Waals surface area contributed by atoms with Gasteiger partial charge < -0.3 is 5.73 Å². The largest absolute Gasteiger partial charge is 0.324 e. The Balaban J connectivity index is 2.03. The zero-order valence-electron chi connectivity index (χ0n) is 9.66. The summed E-state index contributed by atoms with van der Waals surface area (Å²) in [6.07, 6.45) is 3.56. The van der Waals surface area contributed by atoms with Crippen LogP contribution in [0.1, 0.15) is 30.9 Å². The Morgan fingerprint density at radius 3 is 2.71 bits per heavy atom. The lowest BCUT2D eigenvalue weighted by atomic mass is 9.91. The van der Waals surface area contributed by atoms with Crippen LogP contribution in [-0.2, 0) is 0 Å². The minimum absolute atomic E-state index is 0.00861. The molecule has 1 nitrogen and oxygen atoms in total. The molecule has 0 bridgehead atoms. The molecular weight excluding hydrogens is 273 g/mol. The van der Waals surface area contributed by atoms with Crippen LogP contribution in [-0.4, -0.2) is 11.5 Å². The Morgan fingerprint density at radius 2 is 2.00 bits per heavy atom. The highest BCUT2D eigenvalue weighted by Gasteiger charge is 2.19. The van der Waals surface area contributed by atoms with Crippen LogP contribution in [0.4, 0.5) is 0 Å². The maximum absolute atomic E-state index is 6.25. The first-order chi connectivity index (χ1) is 8.18. The predicted octanol–water partition coefficient (Wildman–Crippen LogP) is 4.53. The molecule has 1 unspecified atom stereocenters. The Labute approximate surface area is 117 Å². The number of nitrogens with two attached hydrogens (primary N) is 1. The quantitative estimate of drug-likeness (QED) is 0.885. The molecule has 1 heterocycles. The summed E-state index contributed by atoms with van der Waals surface area (Å²) in [7, 11) is 0. The number of hydrogen-bond acceptors (Lipinski definition) is 2. The van der Waals surface area contributed by atoms with Gasteiger partial charge in [-0.05, 0) is 48.3 Å². The summed E-state index contributed by atoms with van der Waals surface area (Å²) >= 11 is 14.2. The van der Waals surface area contributed by atoms with Gasteiger partial charge in [0.1, 0.15) is 0 Å². The lowest BCUT2D eigenvalue weighted by molar-refractivity contribution is 0.413. The van der Waals surface area contributed by atoms with Crippen molar-refractivity contribution in [2.24, 2.45) is 11.7 Å². The van der Waals surface area contributed by atoms with E-state index in [-0.39, 0.29) is 6.04 Å². The van der Waals surface area contributed by atoms with E-state index < -0.39 is 0 Å². The number of benzene rings is 1. The first kappa shape index (κ1) is 13.5. The lowest BCUT2D eigenvalue weighted by Gasteiger charge is -2.25. The van der Waals surface area contributed by atoms with Crippen LogP contribution in [0.3, 0.4) is 0 Å². The molecule has 0 radical (unpaired) electrons. The van der Waals surface area contributed by atoms with E-state index in [1.54, 1.807) is 6.07 Å². The summed E-state index contributed by atoms with van der Waals surface area (Å²) in [6.45, 7) is 0. The van der Waals surface area contributed by atoms with Gasteiger partial charge in [0, 0.05) is 6.04 Å². The molecule has 0 spiro atoms. The fourth-order valence-corrected chi connectivity index (χ4v) is 3.93. The minimum atomic E-state index is 0.00861. The Bertz CT molecular complexity index is 378. The van der Waals surface area contributed by atoms with Gasteiger partial charge in [-0.15, -0.1) is 0 Å². The third-order valence-corrected chi connectivity index (χ3v) is 5.19. The van der Waals surface area contributed by atoms with Gasteiger partial charge in [-0.25, -0.2) is 0 Å². The third kappa shape index (κ3) is 3.54. The van der Waals surface area contributed by atoms with Crippen molar-refractivity contribution in [2.45, 2.75) is 25.3 Å². The summed E-state index contributed by atoms with van der Waals surface area (Å²) in [5, 5.41) is 1.21. The van der Waals surface area contributed by atoms with E-state index in [1.165, 1.54) is 24.3 Å². The van der Waals surface area contributed by atoms with E-state index in [4.69, 9.17) is 28.9 Å². The van der Waals surface area contributed by atoms with Crippen molar-refractivity contribution in [3.63, 3.8) is 0 Å². The van der Waals surface area contributed by atoms with Crippen molar-refractivity contribution >= 4 is 35.0 Å². The van der Waals surface area contributed by atoms with Crippen molar-refractivity contribution < 1.29 is 0 Å². The normalized spacial score (nSPS) is 19.2. The number of hydrogen-bond donors (Lipinski definition) is 1. The van der Waals surface area contributed by atoms with E-state index in [0.717, 1.165) is 17.9 Å². The topological polar surface area (TPSA) is 26.0 Å². The van der Waals surface area contributed by atoms with Crippen LogP contribution in [0.15, 0.2) is 18.2 Å². The van der Waals surface area contributed by atoms with Gasteiger partial charge in [0.25, 0.3) is 0 Å². The summed E-state index contributed by atoms with van der Waals surface area (Å²) in [5.41, 5.74) is 7.23. The molecule has 1 fully saturated rings. The number of rotatable bonds is 3. The SMILES string of the molecule is NC(CC1CCSCC1)c1cccc(Cl)c1Cl. The van der Waals surface area contributed by atoms with Crippen molar-refractivity contribution in [2.75, 3.05) is 11.5 Å². The van der Waals surface area contributed by atoms with E-state index >= 15 is 0 Å². The fourth-order valence-electron chi connectivity index (χ4n) is 2.28. The first-order valence-electron chi connectivity index (χ1n) is 5.95. The standard InChI is InChI=1S/C13H17Cl2NS/c14-11-3-1-2-10(13(11)15)12(16)8-9-4-6-17-7-5-9/h1-3,9,12H,4-8,16H2.